The Bertz CT molecular complexity index is 519. The summed E-state index contributed by atoms with van der Waals surface area (Å²) < 4.78 is 4.51. The van der Waals surface area contributed by atoms with Gasteiger partial charge in [-0.05, 0) is 18.2 Å². The normalized spacial score (nSPS) is 9.81. The van der Waals surface area contributed by atoms with Crippen molar-refractivity contribution in [2.24, 2.45) is 0 Å². The highest BCUT2D eigenvalue weighted by Crippen LogP contribution is 2.15. The van der Waals surface area contributed by atoms with Gasteiger partial charge in [0.05, 0.1) is 19.3 Å². The van der Waals surface area contributed by atoms with E-state index in [-0.39, 0.29) is 30.0 Å². The van der Waals surface area contributed by atoms with Gasteiger partial charge in [-0.15, -0.1) is 0 Å². The van der Waals surface area contributed by atoms with Crippen LogP contribution in [0.1, 0.15) is 13.3 Å². The van der Waals surface area contributed by atoms with Gasteiger partial charge in [0.2, 0.25) is 11.8 Å². The SMILES string of the molecule is COC(=O)CCSCC(=O)Nc1cccc(NC(C)=O)c1. The number of amides is 2. The van der Waals surface area contributed by atoms with Crippen molar-refractivity contribution in [2.45, 2.75) is 13.3 Å². The molecule has 0 aromatic heterocycles. The van der Waals surface area contributed by atoms with E-state index in [4.69, 9.17) is 0 Å². The summed E-state index contributed by atoms with van der Waals surface area (Å²) >= 11 is 1.36. The summed E-state index contributed by atoms with van der Waals surface area (Å²) in [7, 11) is 1.34. The maximum absolute atomic E-state index is 11.7. The Labute approximate surface area is 127 Å². The van der Waals surface area contributed by atoms with Crippen LogP contribution in [0.3, 0.4) is 0 Å². The molecule has 0 aliphatic heterocycles. The highest BCUT2D eigenvalue weighted by atomic mass is 32.2. The van der Waals surface area contributed by atoms with Crippen LogP contribution in [-0.2, 0) is 19.1 Å². The van der Waals surface area contributed by atoms with Gasteiger partial charge in [0.1, 0.15) is 0 Å². The molecule has 0 fully saturated rings. The van der Waals surface area contributed by atoms with E-state index in [0.29, 0.717) is 17.1 Å². The third kappa shape index (κ3) is 7.36. The number of anilines is 2. The molecule has 1 aromatic carbocycles. The summed E-state index contributed by atoms with van der Waals surface area (Å²) in [5, 5.41) is 5.37. The Hall–Kier alpha value is -2.02. The number of hydrogen-bond acceptors (Lipinski definition) is 5. The van der Waals surface area contributed by atoms with Crippen molar-refractivity contribution in [2.75, 3.05) is 29.2 Å². The molecule has 0 bridgehead atoms. The fraction of sp³-hybridized carbons (Fsp3) is 0.357. The van der Waals surface area contributed by atoms with E-state index in [9.17, 15) is 14.4 Å². The molecule has 0 aliphatic rings. The number of hydrogen-bond donors (Lipinski definition) is 2. The Morgan fingerprint density at radius 2 is 1.86 bits per heavy atom. The average molecular weight is 310 g/mol. The molecule has 0 atom stereocenters. The molecule has 0 unspecified atom stereocenters. The van der Waals surface area contributed by atoms with Crippen molar-refractivity contribution in [1.29, 1.82) is 0 Å². The molecule has 0 saturated carbocycles. The summed E-state index contributed by atoms with van der Waals surface area (Å²) in [6.07, 6.45) is 0.284. The average Bonchev–Trinajstić information content (AvgIpc) is 2.43. The molecule has 1 rings (SSSR count). The van der Waals surface area contributed by atoms with Gasteiger partial charge in [-0.3, -0.25) is 14.4 Å². The van der Waals surface area contributed by atoms with Gasteiger partial charge >= 0.3 is 5.97 Å². The number of nitrogens with one attached hydrogen (secondary N) is 2. The lowest BCUT2D eigenvalue weighted by Gasteiger charge is -2.07. The predicted octanol–water partition coefficient (Wildman–Crippen LogP) is 1.88. The van der Waals surface area contributed by atoms with Gasteiger partial charge in [-0.1, -0.05) is 6.07 Å². The molecule has 0 saturated heterocycles. The molecule has 7 heteroatoms. The van der Waals surface area contributed by atoms with Crippen LogP contribution < -0.4 is 10.6 Å². The van der Waals surface area contributed by atoms with E-state index in [2.05, 4.69) is 15.4 Å². The van der Waals surface area contributed by atoms with Gasteiger partial charge in [-0.2, -0.15) is 11.8 Å². The maximum atomic E-state index is 11.7. The molecule has 0 heterocycles. The molecule has 114 valence electrons. The molecule has 1 aromatic rings. The van der Waals surface area contributed by atoms with Crippen molar-refractivity contribution in [3.63, 3.8) is 0 Å². The zero-order chi connectivity index (χ0) is 15.7. The van der Waals surface area contributed by atoms with Gasteiger partial charge in [-0.25, -0.2) is 0 Å². The Kier molecular flexibility index (Phi) is 7.31. The summed E-state index contributed by atoms with van der Waals surface area (Å²) in [5.41, 5.74) is 1.23. The van der Waals surface area contributed by atoms with Gasteiger partial charge in [0.15, 0.2) is 0 Å². The number of esters is 1. The van der Waals surface area contributed by atoms with Crippen LogP contribution >= 0.6 is 11.8 Å². The lowest BCUT2D eigenvalue weighted by atomic mass is 10.2. The fourth-order valence-corrected chi connectivity index (χ4v) is 2.21. The van der Waals surface area contributed by atoms with Crippen LogP contribution in [-0.4, -0.2) is 36.4 Å². The number of ether oxygens (including phenoxy) is 1. The lowest BCUT2D eigenvalue weighted by molar-refractivity contribution is -0.140. The van der Waals surface area contributed by atoms with Crippen LogP contribution in [0.4, 0.5) is 11.4 Å². The molecule has 2 N–H and O–H groups in total. The number of thioether (sulfide) groups is 1. The summed E-state index contributed by atoms with van der Waals surface area (Å²) in [4.78, 5) is 33.6. The van der Waals surface area contributed by atoms with Crippen LogP contribution in [0, 0.1) is 0 Å². The number of rotatable bonds is 7. The highest BCUT2D eigenvalue weighted by Gasteiger charge is 2.05. The molecule has 0 aliphatic carbocycles. The Morgan fingerprint density at radius 3 is 2.48 bits per heavy atom. The van der Waals surface area contributed by atoms with E-state index in [0.717, 1.165) is 0 Å². The summed E-state index contributed by atoms with van der Waals surface area (Å²) in [6.45, 7) is 1.42. The lowest BCUT2D eigenvalue weighted by Crippen LogP contribution is -2.15. The minimum Gasteiger partial charge on any atom is -0.469 e. The molecule has 0 spiro atoms. The molecular weight excluding hydrogens is 292 g/mol. The first-order valence-electron chi connectivity index (χ1n) is 6.33. The van der Waals surface area contributed by atoms with Crippen molar-refractivity contribution in [3.8, 4) is 0 Å². The Morgan fingerprint density at radius 1 is 1.19 bits per heavy atom. The third-order valence-corrected chi connectivity index (χ3v) is 3.34. The van der Waals surface area contributed by atoms with E-state index >= 15 is 0 Å². The number of carbonyl (C=O) groups is 3. The van der Waals surface area contributed by atoms with E-state index in [1.807, 2.05) is 0 Å². The Balaban J connectivity index is 2.37. The second kappa shape index (κ2) is 9.02. The summed E-state index contributed by atoms with van der Waals surface area (Å²) in [6, 6.07) is 6.90. The smallest absolute Gasteiger partial charge is 0.306 e. The van der Waals surface area contributed by atoms with E-state index in [1.165, 1.54) is 25.8 Å². The van der Waals surface area contributed by atoms with Crippen LogP contribution in [0.15, 0.2) is 24.3 Å². The molecular formula is C14H18N2O4S. The number of benzene rings is 1. The topological polar surface area (TPSA) is 84.5 Å². The molecule has 6 nitrogen and oxygen atoms in total. The molecule has 21 heavy (non-hydrogen) atoms. The molecule has 2 amide bonds. The second-order valence-corrected chi connectivity index (χ2v) is 5.29. The van der Waals surface area contributed by atoms with Gasteiger partial charge < -0.3 is 15.4 Å². The van der Waals surface area contributed by atoms with Crippen LogP contribution in [0.5, 0.6) is 0 Å². The first-order chi connectivity index (χ1) is 10.0. The van der Waals surface area contributed by atoms with Crippen molar-refractivity contribution >= 4 is 40.9 Å². The van der Waals surface area contributed by atoms with Crippen molar-refractivity contribution in [1.82, 2.24) is 0 Å². The summed E-state index contributed by atoms with van der Waals surface area (Å²) in [5.74, 6) is 0.167. The second-order valence-electron chi connectivity index (χ2n) is 4.19. The van der Waals surface area contributed by atoms with Gasteiger partial charge in [0, 0.05) is 24.1 Å². The maximum Gasteiger partial charge on any atom is 0.306 e. The standard InChI is InChI=1S/C14H18N2O4S/c1-10(17)15-11-4-3-5-12(8-11)16-13(18)9-21-7-6-14(19)20-2/h3-5,8H,6-7,9H2,1-2H3,(H,15,17)(H,16,18). The largest absolute Gasteiger partial charge is 0.469 e. The van der Waals surface area contributed by atoms with Crippen LogP contribution in [0.25, 0.3) is 0 Å². The predicted molar refractivity (Wildman–Crippen MR) is 83.3 cm³/mol. The first kappa shape index (κ1) is 17.0. The first-order valence-corrected chi connectivity index (χ1v) is 7.49. The van der Waals surface area contributed by atoms with Gasteiger partial charge in [0.25, 0.3) is 0 Å². The zero-order valence-corrected chi connectivity index (χ0v) is 12.8. The van der Waals surface area contributed by atoms with Crippen molar-refractivity contribution in [3.05, 3.63) is 24.3 Å². The molecule has 0 radical (unpaired) electrons. The zero-order valence-electron chi connectivity index (χ0n) is 12.0. The number of methoxy groups -OCH3 is 1. The minimum absolute atomic E-state index is 0.162. The minimum atomic E-state index is -0.286. The van der Waals surface area contributed by atoms with E-state index < -0.39 is 0 Å². The third-order valence-electron chi connectivity index (χ3n) is 2.38. The monoisotopic (exact) mass is 310 g/mol. The van der Waals surface area contributed by atoms with E-state index in [1.54, 1.807) is 24.3 Å². The quantitative estimate of drug-likeness (QED) is 0.593. The number of carbonyl (C=O) groups excluding carboxylic acids is 3. The fourth-order valence-electron chi connectivity index (χ4n) is 1.50. The van der Waals surface area contributed by atoms with Crippen molar-refractivity contribution < 1.29 is 19.1 Å². The van der Waals surface area contributed by atoms with Crippen LogP contribution in [0.2, 0.25) is 0 Å². The highest BCUT2D eigenvalue weighted by molar-refractivity contribution is 7.99.